The van der Waals surface area contributed by atoms with Gasteiger partial charge < -0.3 is 5.32 Å². The number of carbonyl (C=O) groups excluding carboxylic acids is 1. The zero-order valence-corrected chi connectivity index (χ0v) is 15.4. The Morgan fingerprint density at radius 1 is 1.28 bits per heavy atom. The number of hydrogen-bond acceptors (Lipinski definition) is 3. The number of rotatable bonds is 6. The lowest BCUT2D eigenvalue weighted by molar-refractivity contribution is -0.123. The number of benzene rings is 1. The van der Waals surface area contributed by atoms with Crippen molar-refractivity contribution in [3.05, 3.63) is 30.1 Å². The van der Waals surface area contributed by atoms with Gasteiger partial charge in [-0.15, -0.1) is 0 Å². The van der Waals surface area contributed by atoms with Crippen LogP contribution in [0, 0.1) is 17.7 Å². The smallest absolute Gasteiger partial charge is 0.244 e. The van der Waals surface area contributed by atoms with Crippen LogP contribution in [-0.2, 0) is 14.8 Å². The Balaban J connectivity index is 1.82. The molecule has 25 heavy (non-hydrogen) atoms. The van der Waals surface area contributed by atoms with Crippen molar-refractivity contribution in [1.82, 2.24) is 5.32 Å². The molecule has 2 saturated carbocycles. The Kier molecular flexibility index (Phi) is 5.04. The van der Waals surface area contributed by atoms with Crippen LogP contribution < -0.4 is 9.62 Å². The van der Waals surface area contributed by atoms with E-state index in [1.807, 2.05) is 0 Å². The van der Waals surface area contributed by atoms with Gasteiger partial charge in [-0.05, 0) is 61.8 Å². The fourth-order valence-electron chi connectivity index (χ4n) is 4.35. The molecule has 0 spiro atoms. The van der Waals surface area contributed by atoms with Crippen molar-refractivity contribution in [2.45, 2.75) is 51.1 Å². The third kappa shape index (κ3) is 3.81. The van der Waals surface area contributed by atoms with Crippen molar-refractivity contribution in [2.75, 3.05) is 10.6 Å². The number of hydrogen-bond donors (Lipinski definition) is 1. The first-order chi connectivity index (χ1) is 11.8. The maximum absolute atomic E-state index is 13.2. The highest BCUT2D eigenvalue weighted by molar-refractivity contribution is 7.92. The van der Waals surface area contributed by atoms with Crippen LogP contribution in [0.2, 0.25) is 0 Å². The SMILES string of the molecule is CC[C@H](C(=O)N[C@H]1C[C@H]2CC[C@H]1C2)N(c1ccc(F)cc1)S(C)(=O)=O. The standard InChI is InChI=1S/C18H25FN2O3S/c1-3-17(18(22)20-16-11-12-4-5-13(16)10-12)21(25(2,23)24)15-8-6-14(19)7-9-15/h6-9,12-13,16-17H,3-5,10-11H2,1-2H3,(H,20,22)/t12-,13-,16-,17+/m0/s1. The minimum atomic E-state index is -3.68. The molecule has 4 atom stereocenters. The first kappa shape index (κ1) is 18.2. The number of nitrogens with one attached hydrogen (secondary N) is 1. The fourth-order valence-corrected chi connectivity index (χ4v) is 5.56. The van der Waals surface area contributed by atoms with Gasteiger partial charge in [-0.25, -0.2) is 12.8 Å². The van der Waals surface area contributed by atoms with Gasteiger partial charge in [-0.1, -0.05) is 13.3 Å². The van der Waals surface area contributed by atoms with Gasteiger partial charge in [-0.3, -0.25) is 9.10 Å². The second-order valence-corrected chi connectivity index (χ2v) is 9.11. The van der Waals surface area contributed by atoms with Crippen LogP contribution in [0.3, 0.4) is 0 Å². The number of anilines is 1. The molecule has 0 aromatic heterocycles. The molecule has 2 aliphatic carbocycles. The van der Waals surface area contributed by atoms with Crippen LogP contribution >= 0.6 is 0 Å². The molecule has 1 N–H and O–H groups in total. The molecule has 5 nitrogen and oxygen atoms in total. The predicted molar refractivity (Wildman–Crippen MR) is 95.2 cm³/mol. The molecule has 0 heterocycles. The number of halogens is 1. The van der Waals surface area contributed by atoms with E-state index >= 15 is 0 Å². The summed E-state index contributed by atoms with van der Waals surface area (Å²) >= 11 is 0. The normalized spacial score (nSPS) is 26.4. The van der Waals surface area contributed by atoms with Crippen LogP contribution in [0.25, 0.3) is 0 Å². The van der Waals surface area contributed by atoms with Gasteiger partial charge in [-0.2, -0.15) is 0 Å². The van der Waals surface area contributed by atoms with E-state index in [9.17, 15) is 17.6 Å². The number of nitrogens with zero attached hydrogens (tertiary/aromatic N) is 1. The first-order valence-electron chi connectivity index (χ1n) is 8.85. The van der Waals surface area contributed by atoms with Crippen LogP contribution in [0.5, 0.6) is 0 Å². The van der Waals surface area contributed by atoms with Crippen molar-refractivity contribution in [3.8, 4) is 0 Å². The van der Waals surface area contributed by atoms with E-state index in [4.69, 9.17) is 0 Å². The summed E-state index contributed by atoms with van der Waals surface area (Å²) in [4.78, 5) is 12.8. The Morgan fingerprint density at radius 2 is 1.96 bits per heavy atom. The number of sulfonamides is 1. The molecule has 1 aromatic carbocycles. The molecule has 138 valence electrons. The van der Waals surface area contributed by atoms with E-state index in [1.165, 1.54) is 30.7 Å². The van der Waals surface area contributed by atoms with Crippen LogP contribution in [0.4, 0.5) is 10.1 Å². The molecular formula is C18H25FN2O3S. The van der Waals surface area contributed by atoms with Gasteiger partial charge in [0.15, 0.2) is 0 Å². The third-order valence-corrected chi connectivity index (χ3v) is 6.66. The Morgan fingerprint density at radius 3 is 2.44 bits per heavy atom. The molecule has 2 fully saturated rings. The van der Waals surface area contributed by atoms with E-state index in [2.05, 4.69) is 5.32 Å². The molecule has 3 rings (SSSR count). The lowest BCUT2D eigenvalue weighted by Gasteiger charge is -2.32. The summed E-state index contributed by atoms with van der Waals surface area (Å²) in [6.07, 6.45) is 5.94. The summed E-state index contributed by atoms with van der Waals surface area (Å²) in [5.41, 5.74) is 0.304. The van der Waals surface area contributed by atoms with Crippen LogP contribution in [0.1, 0.15) is 39.0 Å². The van der Waals surface area contributed by atoms with Crippen molar-refractivity contribution >= 4 is 21.6 Å². The zero-order chi connectivity index (χ0) is 18.2. The predicted octanol–water partition coefficient (Wildman–Crippen LogP) is 2.68. The minimum absolute atomic E-state index is 0.148. The zero-order valence-electron chi connectivity index (χ0n) is 14.6. The topological polar surface area (TPSA) is 66.5 Å². The molecule has 0 saturated heterocycles. The van der Waals surface area contributed by atoms with Gasteiger partial charge in [0.1, 0.15) is 11.9 Å². The number of amides is 1. The molecule has 0 unspecified atom stereocenters. The second kappa shape index (κ2) is 6.94. The van der Waals surface area contributed by atoms with Crippen molar-refractivity contribution in [2.24, 2.45) is 11.8 Å². The third-order valence-electron chi connectivity index (χ3n) is 5.48. The van der Waals surface area contributed by atoms with Gasteiger partial charge >= 0.3 is 0 Å². The Hall–Kier alpha value is -1.63. The highest BCUT2D eigenvalue weighted by Crippen LogP contribution is 2.44. The fraction of sp³-hybridized carbons (Fsp3) is 0.611. The molecule has 1 aromatic rings. The van der Waals surface area contributed by atoms with E-state index < -0.39 is 21.9 Å². The van der Waals surface area contributed by atoms with E-state index in [0.29, 0.717) is 23.9 Å². The highest BCUT2D eigenvalue weighted by atomic mass is 32.2. The molecule has 0 aliphatic heterocycles. The van der Waals surface area contributed by atoms with Crippen LogP contribution in [-0.4, -0.2) is 32.7 Å². The average Bonchev–Trinajstić information content (AvgIpc) is 3.15. The van der Waals surface area contributed by atoms with E-state index in [-0.39, 0.29) is 11.9 Å². The summed E-state index contributed by atoms with van der Waals surface area (Å²) < 4.78 is 39.0. The molecule has 1 amide bonds. The lowest BCUT2D eigenvalue weighted by Crippen LogP contribution is -2.52. The largest absolute Gasteiger partial charge is 0.351 e. The van der Waals surface area contributed by atoms with Gasteiger partial charge in [0.25, 0.3) is 0 Å². The van der Waals surface area contributed by atoms with Crippen LogP contribution in [0.15, 0.2) is 24.3 Å². The molecule has 2 bridgehead atoms. The first-order valence-corrected chi connectivity index (χ1v) is 10.7. The highest BCUT2D eigenvalue weighted by Gasteiger charge is 2.41. The summed E-state index contributed by atoms with van der Waals surface area (Å²) in [6, 6.07) is 4.50. The summed E-state index contributed by atoms with van der Waals surface area (Å²) in [5.74, 6) is 0.494. The van der Waals surface area contributed by atoms with Gasteiger partial charge in [0, 0.05) is 6.04 Å². The molecule has 0 radical (unpaired) electrons. The number of fused-ring (bicyclic) bond motifs is 2. The summed E-state index contributed by atoms with van der Waals surface area (Å²) in [6.45, 7) is 1.78. The molecular weight excluding hydrogens is 343 g/mol. The van der Waals surface area contributed by atoms with Crippen molar-refractivity contribution in [3.63, 3.8) is 0 Å². The maximum atomic E-state index is 13.2. The molecule has 2 aliphatic rings. The van der Waals surface area contributed by atoms with Crippen molar-refractivity contribution < 1.29 is 17.6 Å². The van der Waals surface area contributed by atoms with Gasteiger partial charge in [0.05, 0.1) is 11.9 Å². The quantitative estimate of drug-likeness (QED) is 0.839. The summed E-state index contributed by atoms with van der Waals surface area (Å²) in [5, 5.41) is 3.08. The van der Waals surface area contributed by atoms with E-state index in [0.717, 1.165) is 29.8 Å². The second-order valence-electron chi connectivity index (χ2n) is 7.25. The molecule has 7 heteroatoms. The average molecular weight is 368 g/mol. The maximum Gasteiger partial charge on any atom is 0.244 e. The summed E-state index contributed by atoms with van der Waals surface area (Å²) in [7, 11) is -3.68. The monoisotopic (exact) mass is 368 g/mol. The lowest BCUT2D eigenvalue weighted by atomic mass is 9.95. The van der Waals surface area contributed by atoms with Crippen molar-refractivity contribution in [1.29, 1.82) is 0 Å². The minimum Gasteiger partial charge on any atom is -0.351 e. The van der Waals surface area contributed by atoms with Gasteiger partial charge in [0.2, 0.25) is 15.9 Å². The number of carbonyl (C=O) groups is 1. The Bertz CT molecular complexity index is 735. The van der Waals surface area contributed by atoms with E-state index in [1.54, 1.807) is 6.92 Å². The Labute approximate surface area is 148 Å².